The van der Waals surface area contributed by atoms with E-state index in [1.165, 1.54) is 63.9 Å². The Labute approximate surface area is 294 Å². The molecular formula is C35H65NO12S. The van der Waals surface area contributed by atoms with Crippen molar-refractivity contribution in [2.45, 2.75) is 178 Å². The Balaban J connectivity index is 2.79. The van der Waals surface area contributed by atoms with Crippen LogP contribution in [-0.2, 0) is 28.9 Å². The number of aliphatic hydroxyl groups is 5. The largest absolute Gasteiger partial charge is 0.397 e. The van der Waals surface area contributed by atoms with E-state index >= 15 is 0 Å². The molecule has 49 heavy (non-hydrogen) atoms. The van der Waals surface area contributed by atoms with E-state index in [9.17, 15) is 38.7 Å². The van der Waals surface area contributed by atoms with Gasteiger partial charge in [0.1, 0.15) is 30.5 Å². The summed E-state index contributed by atoms with van der Waals surface area (Å²) in [5.41, 5.74) is 0. The monoisotopic (exact) mass is 723 g/mol. The van der Waals surface area contributed by atoms with E-state index in [1.807, 2.05) is 0 Å². The molecule has 0 aromatic heterocycles. The highest BCUT2D eigenvalue weighted by atomic mass is 32.3. The molecule has 1 aliphatic rings. The summed E-state index contributed by atoms with van der Waals surface area (Å²) in [4.78, 5) is 12.9. The van der Waals surface area contributed by atoms with Crippen LogP contribution < -0.4 is 5.32 Å². The second kappa shape index (κ2) is 27.2. The van der Waals surface area contributed by atoms with Gasteiger partial charge in [0.05, 0.1) is 25.4 Å². The van der Waals surface area contributed by atoms with Gasteiger partial charge in [-0.1, -0.05) is 122 Å². The minimum Gasteiger partial charge on any atom is -0.394 e. The molecule has 8 atom stereocenters. The van der Waals surface area contributed by atoms with E-state index in [4.69, 9.17) is 14.0 Å². The summed E-state index contributed by atoms with van der Waals surface area (Å²) in [5, 5.41) is 54.6. The number of ether oxygens (including phenoxy) is 2. The Morgan fingerprint density at radius 2 is 1.37 bits per heavy atom. The number of aliphatic hydroxyl groups excluding tert-OH is 5. The van der Waals surface area contributed by atoms with Gasteiger partial charge < -0.3 is 40.3 Å². The maximum Gasteiger partial charge on any atom is 0.397 e. The molecule has 0 aromatic rings. The normalized spacial score (nSPS) is 23.6. The Morgan fingerprint density at radius 1 is 0.816 bits per heavy atom. The van der Waals surface area contributed by atoms with Gasteiger partial charge >= 0.3 is 10.4 Å². The highest BCUT2D eigenvalue weighted by Gasteiger charge is 2.48. The minimum atomic E-state index is -5.11. The molecule has 8 unspecified atom stereocenters. The molecule has 1 fully saturated rings. The van der Waals surface area contributed by atoms with Crippen LogP contribution in [0.15, 0.2) is 24.3 Å². The molecule has 1 rings (SSSR count). The number of rotatable bonds is 29. The van der Waals surface area contributed by atoms with Crippen LogP contribution in [0.4, 0.5) is 0 Å². The van der Waals surface area contributed by atoms with E-state index in [2.05, 4.69) is 35.5 Å². The van der Waals surface area contributed by atoms with Gasteiger partial charge in [-0.25, -0.2) is 4.18 Å². The first-order valence-electron chi connectivity index (χ1n) is 18.3. The zero-order valence-electron chi connectivity index (χ0n) is 29.6. The van der Waals surface area contributed by atoms with Crippen molar-refractivity contribution in [1.82, 2.24) is 5.32 Å². The van der Waals surface area contributed by atoms with Crippen LogP contribution in [0.2, 0.25) is 0 Å². The summed E-state index contributed by atoms with van der Waals surface area (Å²) in [5.74, 6) is -0.719. The minimum absolute atomic E-state index is 0.237. The van der Waals surface area contributed by atoms with Crippen LogP contribution in [-0.4, -0.2) is 107 Å². The predicted molar refractivity (Wildman–Crippen MR) is 187 cm³/mol. The fourth-order valence-corrected chi connectivity index (χ4v) is 6.10. The molecule has 1 heterocycles. The van der Waals surface area contributed by atoms with E-state index in [1.54, 1.807) is 6.08 Å². The van der Waals surface area contributed by atoms with Gasteiger partial charge in [-0.05, 0) is 32.1 Å². The number of hydrogen-bond donors (Lipinski definition) is 7. The second-order valence-electron chi connectivity index (χ2n) is 12.9. The second-order valence-corrected chi connectivity index (χ2v) is 14.0. The third-order valence-corrected chi connectivity index (χ3v) is 9.06. The third kappa shape index (κ3) is 20.9. The molecule has 1 aliphatic heterocycles. The van der Waals surface area contributed by atoms with E-state index in [0.717, 1.165) is 38.5 Å². The number of carbonyl (C=O) groups is 1. The van der Waals surface area contributed by atoms with Gasteiger partial charge in [0.2, 0.25) is 5.91 Å². The van der Waals surface area contributed by atoms with Crippen molar-refractivity contribution < 1.29 is 57.0 Å². The maximum absolute atomic E-state index is 12.9. The summed E-state index contributed by atoms with van der Waals surface area (Å²) in [6.07, 6.45) is 14.5. The molecule has 0 saturated carbocycles. The number of allylic oxidation sites excluding steroid dienone is 3. The number of amides is 1. The van der Waals surface area contributed by atoms with Gasteiger partial charge in [0.15, 0.2) is 6.29 Å². The summed E-state index contributed by atoms with van der Waals surface area (Å²) < 4.78 is 47.1. The van der Waals surface area contributed by atoms with Crippen molar-refractivity contribution >= 4 is 16.3 Å². The summed E-state index contributed by atoms with van der Waals surface area (Å²) in [7, 11) is -5.11. The van der Waals surface area contributed by atoms with Gasteiger partial charge in [0.25, 0.3) is 0 Å². The Bertz CT molecular complexity index is 1010. The number of hydrogen-bond acceptors (Lipinski definition) is 11. The van der Waals surface area contributed by atoms with Crippen LogP contribution in [0.25, 0.3) is 0 Å². The lowest BCUT2D eigenvalue weighted by Crippen LogP contribution is -2.61. The molecule has 0 bridgehead atoms. The summed E-state index contributed by atoms with van der Waals surface area (Å²) >= 11 is 0. The lowest BCUT2D eigenvalue weighted by atomic mass is 9.99. The summed E-state index contributed by atoms with van der Waals surface area (Å²) in [6, 6.07) is -1.13. The third-order valence-electron chi connectivity index (χ3n) is 8.59. The molecule has 13 nitrogen and oxygen atoms in total. The molecule has 0 spiro atoms. The topological polar surface area (TPSA) is 212 Å². The van der Waals surface area contributed by atoms with Crippen LogP contribution in [0, 0.1) is 0 Å². The molecule has 14 heteroatoms. The lowest BCUT2D eigenvalue weighted by Gasteiger charge is -2.41. The molecule has 288 valence electrons. The highest BCUT2D eigenvalue weighted by molar-refractivity contribution is 7.80. The van der Waals surface area contributed by atoms with Crippen LogP contribution in [0.3, 0.4) is 0 Å². The molecular weight excluding hydrogens is 658 g/mol. The van der Waals surface area contributed by atoms with Crippen molar-refractivity contribution in [2.75, 3.05) is 13.2 Å². The van der Waals surface area contributed by atoms with Gasteiger partial charge in [-0.3, -0.25) is 9.35 Å². The first kappa shape index (κ1) is 45.6. The number of unbranched alkanes of at least 4 members (excludes halogenated alkanes) is 14. The fourth-order valence-electron chi connectivity index (χ4n) is 5.59. The SMILES string of the molecule is CCCCCCC/C=C/CC/C=C/C(O)C(COC1OC(CO)C(O)C(OS(=O)(=O)O)C1O)NC(=O)C(O)CCCCCCCCCCC. The summed E-state index contributed by atoms with van der Waals surface area (Å²) in [6.45, 7) is 3.09. The van der Waals surface area contributed by atoms with E-state index < -0.39 is 78.5 Å². The maximum atomic E-state index is 12.9. The van der Waals surface area contributed by atoms with Crippen molar-refractivity contribution in [3.63, 3.8) is 0 Å². The first-order valence-corrected chi connectivity index (χ1v) is 19.7. The quantitative estimate of drug-likeness (QED) is 0.0332. The average molecular weight is 724 g/mol. The lowest BCUT2D eigenvalue weighted by molar-refractivity contribution is -0.298. The smallest absolute Gasteiger partial charge is 0.394 e. The Morgan fingerprint density at radius 3 is 1.96 bits per heavy atom. The number of carbonyl (C=O) groups excluding carboxylic acids is 1. The van der Waals surface area contributed by atoms with Gasteiger partial charge in [-0.15, -0.1) is 0 Å². The average Bonchev–Trinajstić information content (AvgIpc) is 3.06. The van der Waals surface area contributed by atoms with Crippen molar-refractivity contribution in [2.24, 2.45) is 0 Å². The predicted octanol–water partition coefficient (Wildman–Crippen LogP) is 4.01. The first-order chi connectivity index (χ1) is 23.4. The standard InChI is InChI=1S/C35H65NO12S/c1-3-5-7-9-11-13-14-16-17-19-21-23-28(38)27(36-34(42)29(39)24-22-20-18-15-12-10-8-6-4-2)26-46-35-32(41)33(48-49(43,44)45)31(40)30(25-37)47-35/h14,16,21,23,27-33,35,37-41H,3-13,15,17-20,22,24-26H2,1-2H3,(H,36,42)(H,43,44,45)/b16-14+,23-21+. The Kier molecular flexibility index (Phi) is 25.3. The fraction of sp³-hybridized carbons (Fsp3) is 0.857. The van der Waals surface area contributed by atoms with Crippen molar-refractivity contribution in [3.05, 3.63) is 24.3 Å². The van der Waals surface area contributed by atoms with Crippen LogP contribution in [0.1, 0.15) is 129 Å². The van der Waals surface area contributed by atoms with Gasteiger partial charge in [0, 0.05) is 0 Å². The van der Waals surface area contributed by atoms with E-state index in [-0.39, 0.29) is 6.42 Å². The molecule has 1 amide bonds. The molecule has 1 saturated heterocycles. The van der Waals surface area contributed by atoms with Crippen molar-refractivity contribution in [1.29, 1.82) is 0 Å². The van der Waals surface area contributed by atoms with Gasteiger partial charge in [-0.2, -0.15) is 8.42 Å². The zero-order valence-corrected chi connectivity index (χ0v) is 30.4. The van der Waals surface area contributed by atoms with Crippen LogP contribution >= 0.6 is 0 Å². The van der Waals surface area contributed by atoms with Crippen LogP contribution in [0.5, 0.6) is 0 Å². The molecule has 7 N–H and O–H groups in total. The zero-order chi connectivity index (χ0) is 36.5. The van der Waals surface area contributed by atoms with E-state index in [0.29, 0.717) is 12.8 Å². The molecule has 0 aliphatic carbocycles. The highest BCUT2D eigenvalue weighted by Crippen LogP contribution is 2.26. The van der Waals surface area contributed by atoms with Crippen molar-refractivity contribution in [3.8, 4) is 0 Å². The molecule has 0 aromatic carbocycles. The molecule has 0 radical (unpaired) electrons. The Hall–Kier alpha value is -1.46. The number of nitrogens with one attached hydrogen (secondary N) is 1.